The Balaban J connectivity index is 2.35. The second-order valence-electron chi connectivity index (χ2n) is 4.74. The summed E-state index contributed by atoms with van der Waals surface area (Å²) in [7, 11) is 0. The summed E-state index contributed by atoms with van der Waals surface area (Å²) in [6.45, 7) is 7.44. The topological polar surface area (TPSA) is 40.5 Å². The van der Waals surface area contributed by atoms with Crippen molar-refractivity contribution in [2.24, 2.45) is 5.41 Å². The standard InChI is InChI=1S/C11H19NO2/c1-11(2)6-4-8-12(9-11)7-3-5-10(13)14/h3,5H,4,6-9H2,1-2H3,(H,13,14)/b5-3+. The van der Waals surface area contributed by atoms with Gasteiger partial charge in [-0.2, -0.15) is 0 Å². The highest BCUT2D eigenvalue weighted by Gasteiger charge is 2.25. The Morgan fingerprint density at radius 3 is 2.86 bits per heavy atom. The van der Waals surface area contributed by atoms with Crippen LogP contribution in [0.3, 0.4) is 0 Å². The summed E-state index contributed by atoms with van der Waals surface area (Å²) in [6, 6.07) is 0. The molecule has 0 saturated carbocycles. The van der Waals surface area contributed by atoms with Crippen LogP contribution in [0.25, 0.3) is 0 Å². The largest absolute Gasteiger partial charge is 0.478 e. The van der Waals surface area contributed by atoms with Gasteiger partial charge >= 0.3 is 5.97 Å². The number of carbonyl (C=O) groups is 1. The summed E-state index contributed by atoms with van der Waals surface area (Å²) in [4.78, 5) is 12.6. The molecule has 1 N–H and O–H groups in total. The third kappa shape index (κ3) is 3.92. The molecular weight excluding hydrogens is 178 g/mol. The summed E-state index contributed by atoms with van der Waals surface area (Å²) < 4.78 is 0. The van der Waals surface area contributed by atoms with Crippen LogP contribution in [-0.2, 0) is 4.79 Å². The second kappa shape index (κ2) is 4.60. The van der Waals surface area contributed by atoms with Crippen molar-refractivity contribution in [3.63, 3.8) is 0 Å². The average molecular weight is 197 g/mol. The fraction of sp³-hybridized carbons (Fsp3) is 0.727. The van der Waals surface area contributed by atoms with Crippen molar-refractivity contribution in [2.75, 3.05) is 19.6 Å². The van der Waals surface area contributed by atoms with Crippen LogP contribution in [0.15, 0.2) is 12.2 Å². The Morgan fingerprint density at radius 1 is 1.57 bits per heavy atom. The van der Waals surface area contributed by atoms with Gasteiger partial charge in [0.2, 0.25) is 0 Å². The van der Waals surface area contributed by atoms with Gasteiger partial charge in [-0.1, -0.05) is 19.9 Å². The molecule has 1 saturated heterocycles. The van der Waals surface area contributed by atoms with Crippen molar-refractivity contribution in [1.82, 2.24) is 4.90 Å². The lowest BCUT2D eigenvalue weighted by atomic mass is 9.84. The highest BCUT2D eigenvalue weighted by molar-refractivity contribution is 5.79. The summed E-state index contributed by atoms with van der Waals surface area (Å²) in [5.41, 5.74) is 0.384. The predicted octanol–water partition coefficient (Wildman–Crippen LogP) is 1.75. The highest BCUT2D eigenvalue weighted by atomic mass is 16.4. The van der Waals surface area contributed by atoms with E-state index in [1.165, 1.54) is 18.9 Å². The number of hydrogen-bond acceptors (Lipinski definition) is 2. The lowest BCUT2D eigenvalue weighted by Crippen LogP contribution is -2.40. The van der Waals surface area contributed by atoms with Crippen LogP contribution >= 0.6 is 0 Å². The molecule has 3 heteroatoms. The summed E-state index contributed by atoms with van der Waals surface area (Å²) >= 11 is 0. The van der Waals surface area contributed by atoms with E-state index in [2.05, 4.69) is 18.7 Å². The van der Waals surface area contributed by atoms with Crippen LogP contribution in [0.5, 0.6) is 0 Å². The summed E-state index contributed by atoms with van der Waals surface area (Å²) in [5, 5.41) is 8.44. The van der Waals surface area contributed by atoms with Gasteiger partial charge in [-0.3, -0.25) is 4.90 Å². The number of hydrogen-bond donors (Lipinski definition) is 1. The van der Waals surface area contributed by atoms with E-state index in [4.69, 9.17) is 5.11 Å². The number of likely N-dealkylation sites (tertiary alicyclic amines) is 1. The minimum Gasteiger partial charge on any atom is -0.478 e. The molecule has 1 aliphatic rings. The van der Waals surface area contributed by atoms with E-state index < -0.39 is 5.97 Å². The average Bonchev–Trinajstić information content (AvgIpc) is 2.01. The lowest BCUT2D eigenvalue weighted by Gasteiger charge is -2.37. The number of carboxylic acids is 1. The van der Waals surface area contributed by atoms with Crippen molar-refractivity contribution in [1.29, 1.82) is 0 Å². The Bertz CT molecular complexity index is 233. The second-order valence-corrected chi connectivity index (χ2v) is 4.74. The minimum absolute atomic E-state index is 0.384. The molecule has 0 aromatic carbocycles. The predicted molar refractivity (Wildman–Crippen MR) is 56.2 cm³/mol. The molecule has 3 nitrogen and oxygen atoms in total. The van der Waals surface area contributed by atoms with Crippen LogP contribution in [0, 0.1) is 5.41 Å². The number of rotatable bonds is 3. The van der Waals surface area contributed by atoms with Gasteiger partial charge in [-0.15, -0.1) is 0 Å². The number of aliphatic carboxylic acids is 1. The zero-order valence-electron chi connectivity index (χ0n) is 8.99. The maximum Gasteiger partial charge on any atom is 0.328 e. The Labute approximate surface area is 85.4 Å². The molecule has 0 unspecified atom stereocenters. The van der Waals surface area contributed by atoms with E-state index in [1.54, 1.807) is 6.08 Å². The van der Waals surface area contributed by atoms with E-state index >= 15 is 0 Å². The first kappa shape index (κ1) is 11.2. The van der Waals surface area contributed by atoms with Gasteiger partial charge in [0.1, 0.15) is 0 Å². The molecular formula is C11H19NO2. The first-order chi connectivity index (χ1) is 6.49. The van der Waals surface area contributed by atoms with Gasteiger partial charge in [-0.25, -0.2) is 4.79 Å². The van der Waals surface area contributed by atoms with Crippen LogP contribution in [0.1, 0.15) is 26.7 Å². The molecule has 0 spiro atoms. The quantitative estimate of drug-likeness (QED) is 0.701. The first-order valence-electron chi connectivity index (χ1n) is 5.11. The molecule has 0 bridgehead atoms. The van der Waals surface area contributed by atoms with Gasteiger partial charge in [0, 0.05) is 19.2 Å². The molecule has 1 aliphatic heterocycles. The van der Waals surface area contributed by atoms with Crippen LogP contribution < -0.4 is 0 Å². The highest BCUT2D eigenvalue weighted by Crippen LogP contribution is 2.27. The fourth-order valence-corrected chi connectivity index (χ4v) is 2.00. The van der Waals surface area contributed by atoms with Gasteiger partial charge in [0.05, 0.1) is 0 Å². The van der Waals surface area contributed by atoms with Crippen LogP contribution in [-0.4, -0.2) is 35.6 Å². The lowest BCUT2D eigenvalue weighted by molar-refractivity contribution is -0.131. The third-order valence-corrected chi connectivity index (χ3v) is 2.60. The molecule has 14 heavy (non-hydrogen) atoms. The normalized spacial score (nSPS) is 22.7. The summed E-state index contributed by atoms with van der Waals surface area (Å²) in [6.07, 6.45) is 5.44. The van der Waals surface area contributed by atoms with Crippen molar-refractivity contribution in [3.8, 4) is 0 Å². The van der Waals surface area contributed by atoms with Crippen LogP contribution in [0.4, 0.5) is 0 Å². The zero-order valence-corrected chi connectivity index (χ0v) is 8.99. The number of piperidine rings is 1. The van der Waals surface area contributed by atoms with E-state index in [-0.39, 0.29) is 0 Å². The third-order valence-electron chi connectivity index (χ3n) is 2.60. The maximum absolute atomic E-state index is 10.3. The SMILES string of the molecule is CC1(C)CCCN(C/C=C/C(=O)O)C1. The zero-order chi connectivity index (χ0) is 10.6. The van der Waals surface area contributed by atoms with Gasteiger partial charge in [0.15, 0.2) is 0 Å². The van der Waals surface area contributed by atoms with Crippen molar-refractivity contribution in [3.05, 3.63) is 12.2 Å². The smallest absolute Gasteiger partial charge is 0.328 e. The maximum atomic E-state index is 10.3. The Morgan fingerprint density at radius 2 is 2.29 bits per heavy atom. The van der Waals surface area contributed by atoms with Crippen molar-refractivity contribution in [2.45, 2.75) is 26.7 Å². The molecule has 0 amide bonds. The Kier molecular flexibility index (Phi) is 3.69. The first-order valence-corrected chi connectivity index (χ1v) is 5.11. The number of nitrogens with zero attached hydrogens (tertiary/aromatic N) is 1. The molecule has 1 fully saturated rings. The minimum atomic E-state index is -0.860. The molecule has 0 aromatic heterocycles. The van der Waals surface area contributed by atoms with E-state index in [0.29, 0.717) is 5.41 Å². The molecule has 1 rings (SSSR count). The van der Waals surface area contributed by atoms with Crippen molar-refractivity contribution >= 4 is 5.97 Å². The van der Waals surface area contributed by atoms with E-state index in [1.807, 2.05) is 0 Å². The fourth-order valence-electron chi connectivity index (χ4n) is 2.00. The molecule has 0 aliphatic carbocycles. The monoisotopic (exact) mass is 197 g/mol. The Hall–Kier alpha value is -0.830. The van der Waals surface area contributed by atoms with Crippen LogP contribution in [0.2, 0.25) is 0 Å². The van der Waals surface area contributed by atoms with Gasteiger partial charge < -0.3 is 5.11 Å². The van der Waals surface area contributed by atoms with Crippen molar-refractivity contribution < 1.29 is 9.90 Å². The van der Waals surface area contributed by atoms with E-state index in [0.717, 1.165) is 19.6 Å². The molecule has 80 valence electrons. The molecule has 0 atom stereocenters. The van der Waals surface area contributed by atoms with Gasteiger partial charge in [0.25, 0.3) is 0 Å². The number of carboxylic acid groups (broad SMARTS) is 1. The molecule has 1 heterocycles. The van der Waals surface area contributed by atoms with Gasteiger partial charge in [-0.05, 0) is 24.8 Å². The molecule has 0 radical (unpaired) electrons. The summed E-state index contributed by atoms with van der Waals surface area (Å²) in [5.74, 6) is -0.860. The molecule has 0 aromatic rings. The van der Waals surface area contributed by atoms with E-state index in [9.17, 15) is 4.79 Å².